The van der Waals surface area contributed by atoms with E-state index >= 15 is 0 Å². The van der Waals surface area contributed by atoms with E-state index in [0.717, 1.165) is 34.4 Å². The summed E-state index contributed by atoms with van der Waals surface area (Å²) in [6.07, 6.45) is 0.960. The molecule has 0 heterocycles. The number of nitrogens with one attached hydrogen (secondary N) is 1. The van der Waals surface area contributed by atoms with Crippen LogP contribution in [0.5, 0.6) is 11.5 Å². The van der Waals surface area contributed by atoms with Crippen molar-refractivity contribution < 1.29 is 14.6 Å². The average Bonchev–Trinajstić information content (AvgIpc) is 2.89. The first kappa shape index (κ1) is 24.8. The normalized spacial score (nSPS) is 10.8. The molecule has 0 aliphatic rings. The van der Waals surface area contributed by atoms with Crippen LogP contribution in [0.15, 0.2) is 97.6 Å². The Kier molecular flexibility index (Phi) is 7.55. The van der Waals surface area contributed by atoms with Gasteiger partial charge in [-0.05, 0) is 88.7 Å². The molecule has 0 fully saturated rings. The maximum Gasteiger partial charge on any atom is 0.337 e. The molecule has 0 aliphatic carbocycles. The van der Waals surface area contributed by atoms with Crippen LogP contribution < -0.4 is 10.1 Å². The Bertz CT molecular complexity index is 1360. The molecule has 4 aromatic carbocycles. The summed E-state index contributed by atoms with van der Waals surface area (Å²) in [5.74, 6) is 0.694. The van der Waals surface area contributed by atoms with Gasteiger partial charge in [0.1, 0.15) is 11.5 Å². The van der Waals surface area contributed by atoms with Crippen molar-refractivity contribution in [1.82, 2.24) is 0 Å². The molecule has 0 saturated heterocycles. The molecule has 0 aliphatic heterocycles. The summed E-state index contributed by atoms with van der Waals surface area (Å²) in [6, 6.07) is 29.2. The van der Waals surface area contributed by atoms with E-state index in [0.29, 0.717) is 17.1 Å². The first-order chi connectivity index (χ1) is 17.4. The molecular weight excluding hydrogens is 446 g/mol. The maximum absolute atomic E-state index is 12.2. The molecule has 0 aromatic heterocycles. The van der Waals surface area contributed by atoms with Crippen molar-refractivity contribution in [3.8, 4) is 22.6 Å². The Morgan fingerprint density at radius 3 is 2.14 bits per heavy atom. The van der Waals surface area contributed by atoms with E-state index in [2.05, 4.69) is 56.9 Å². The highest BCUT2D eigenvalue weighted by molar-refractivity contribution is 5.98. The summed E-state index contributed by atoms with van der Waals surface area (Å²) in [5, 5.41) is 13.3. The number of ether oxygens (including phenoxy) is 1. The predicted octanol–water partition coefficient (Wildman–Crippen LogP) is 8.61. The van der Waals surface area contributed by atoms with E-state index in [9.17, 15) is 9.90 Å². The zero-order valence-electron chi connectivity index (χ0n) is 20.9. The number of rotatable bonds is 9. The van der Waals surface area contributed by atoms with Crippen molar-refractivity contribution in [3.63, 3.8) is 0 Å². The minimum atomic E-state index is -0.987. The SMILES string of the molecule is C=C(Nc1cc(C(C)C)c(-c2ccc(CC)cc2)cc1C(=O)O)c1ccc(Oc2ccccc2)cc1. The van der Waals surface area contributed by atoms with Crippen LogP contribution in [0.25, 0.3) is 16.8 Å². The minimum Gasteiger partial charge on any atom is -0.478 e. The van der Waals surface area contributed by atoms with Gasteiger partial charge in [0, 0.05) is 5.70 Å². The van der Waals surface area contributed by atoms with Gasteiger partial charge in [-0.2, -0.15) is 0 Å². The smallest absolute Gasteiger partial charge is 0.337 e. The zero-order chi connectivity index (χ0) is 25.7. The number of anilines is 1. The summed E-state index contributed by atoms with van der Waals surface area (Å²) in [7, 11) is 0. The minimum absolute atomic E-state index is 0.205. The molecule has 182 valence electrons. The van der Waals surface area contributed by atoms with Gasteiger partial charge in [-0.15, -0.1) is 0 Å². The van der Waals surface area contributed by atoms with Crippen molar-refractivity contribution in [1.29, 1.82) is 0 Å². The number of benzene rings is 4. The molecule has 0 bridgehead atoms. The van der Waals surface area contributed by atoms with E-state index in [1.54, 1.807) is 6.07 Å². The molecule has 0 saturated carbocycles. The van der Waals surface area contributed by atoms with Crippen LogP contribution in [0.4, 0.5) is 5.69 Å². The average molecular weight is 478 g/mol. The van der Waals surface area contributed by atoms with Crippen LogP contribution in [0.1, 0.15) is 53.7 Å². The lowest BCUT2D eigenvalue weighted by Gasteiger charge is -2.19. The number of carbonyl (C=O) groups is 1. The third kappa shape index (κ3) is 5.66. The van der Waals surface area contributed by atoms with Crippen LogP contribution >= 0.6 is 0 Å². The van der Waals surface area contributed by atoms with Gasteiger partial charge in [-0.25, -0.2) is 4.79 Å². The molecular formula is C32H31NO3. The lowest BCUT2D eigenvalue weighted by molar-refractivity contribution is 0.0698. The van der Waals surface area contributed by atoms with Crippen LogP contribution in [-0.4, -0.2) is 11.1 Å². The van der Waals surface area contributed by atoms with E-state index in [4.69, 9.17) is 4.74 Å². The number of carboxylic acids is 1. The van der Waals surface area contributed by atoms with Gasteiger partial charge in [-0.3, -0.25) is 0 Å². The molecule has 0 radical (unpaired) electrons. The van der Waals surface area contributed by atoms with E-state index in [1.165, 1.54) is 5.56 Å². The molecule has 4 nitrogen and oxygen atoms in total. The molecule has 0 amide bonds. The van der Waals surface area contributed by atoms with Crippen molar-refractivity contribution in [2.24, 2.45) is 0 Å². The topological polar surface area (TPSA) is 58.6 Å². The summed E-state index contributed by atoms with van der Waals surface area (Å²) in [5.41, 5.74) is 6.45. The highest BCUT2D eigenvalue weighted by Gasteiger charge is 2.18. The highest BCUT2D eigenvalue weighted by Crippen LogP contribution is 2.35. The van der Waals surface area contributed by atoms with Crippen molar-refractivity contribution in [2.45, 2.75) is 33.1 Å². The first-order valence-electron chi connectivity index (χ1n) is 12.2. The molecule has 0 atom stereocenters. The van der Waals surface area contributed by atoms with Crippen molar-refractivity contribution in [2.75, 3.05) is 5.32 Å². The molecule has 2 N–H and O–H groups in total. The second-order valence-corrected chi connectivity index (χ2v) is 9.04. The van der Waals surface area contributed by atoms with Gasteiger partial charge in [0.15, 0.2) is 0 Å². The van der Waals surface area contributed by atoms with Crippen molar-refractivity contribution >= 4 is 17.4 Å². The van der Waals surface area contributed by atoms with Gasteiger partial charge >= 0.3 is 5.97 Å². The van der Waals surface area contributed by atoms with E-state index in [1.807, 2.05) is 60.7 Å². The number of hydrogen-bond acceptors (Lipinski definition) is 3. The number of hydrogen-bond donors (Lipinski definition) is 2. The third-order valence-electron chi connectivity index (χ3n) is 6.18. The second kappa shape index (κ2) is 11.0. The van der Waals surface area contributed by atoms with Gasteiger partial charge in [0.2, 0.25) is 0 Å². The molecule has 0 unspecified atom stereocenters. The molecule has 4 aromatic rings. The molecule has 36 heavy (non-hydrogen) atoms. The fourth-order valence-corrected chi connectivity index (χ4v) is 4.13. The van der Waals surface area contributed by atoms with Gasteiger partial charge < -0.3 is 15.2 Å². The van der Waals surface area contributed by atoms with Crippen LogP contribution in [0, 0.1) is 0 Å². The lowest BCUT2D eigenvalue weighted by atomic mass is 9.89. The maximum atomic E-state index is 12.2. The highest BCUT2D eigenvalue weighted by atomic mass is 16.5. The van der Waals surface area contributed by atoms with E-state index in [-0.39, 0.29) is 11.5 Å². The predicted molar refractivity (Wildman–Crippen MR) is 148 cm³/mol. The number of para-hydroxylation sites is 1. The van der Waals surface area contributed by atoms with Gasteiger partial charge in [0.25, 0.3) is 0 Å². The monoisotopic (exact) mass is 477 g/mol. The Morgan fingerprint density at radius 1 is 0.917 bits per heavy atom. The Hall–Kier alpha value is -4.31. The zero-order valence-corrected chi connectivity index (χ0v) is 20.9. The summed E-state index contributed by atoms with van der Waals surface area (Å²) >= 11 is 0. The van der Waals surface area contributed by atoms with Crippen LogP contribution in [0.2, 0.25) is 0 Å². The number of carboxylic acid groups (broad SMARTS) is 1. The second-order valence-electron chi connectivity index (χ2n) is 9.04. The Labute approximate surface area is 212 Å². The summed E-state index contributed by atoms with van der Waals surface area (Å²) in [6.45, 7) is 10.5. The van der Waals surface area contributed by atoms with Crippen molar-refractivity contribution in [3.05, 3.63) is 120 Å². The Morgan fingerprint density at radius 2 is 1.56 bits per heavy atom. The van der Waals surface area contributed by atoms with Crippen LogP contribution in [0.3, 0.4) is 0 Å². The fourth-order valence-electron chi connectivity index (χ4n) is 4.13. The number of aryl methyl sites for hydroxylation is 1. The Balaban J connectivity index is 1.62. The number of aromatic carboxylic acids is 1. The van der Waals surface area contributed by atoms with E-state index < -0.39 is 5.97 Å². The lowest BCUT2D eigenvalue weighted by Crippen LogP contribution is -2.08. The summed E-state index contributed by atoms with van der Waals surface area (Å²) < 4.78 is 5.87. The summed E-state index contributed by atoms with van der Waals surface area (Å²) in [4.78, 5) is 12.2. The fraction of sp³-hybridized carbons (Fsp3) is 0.156. The standard InChI is InChI=1S/C32H31NO3/c1-5-23-11-13-25(14-12-23)29-19-30(32(34)35)31(20-28(29)21(2)3)33-22(4)24-15-17-27(18-16-24)36-26-9-7-6-8-10-26/h6-21,33H,4-5H2,1-3H3,(H,34,35). The molecule has 0 spiro atoms. The van der Waals surface area contributed by atoms with Gasteiger partial charge in [0.05, 0.1) is 11.3 Å². The molecule has 4 rings (SSSR count). The first-order valence-corrected chi connectivity index (χ1v) is 12.2. The molecule has 4 heteroatoms. The third-order valence-corrected chi connectivity index (χ3v) is 6.18. The quantitative estimate of drug-likeness (QED) is 0.253. The van der Waals surface area contributed by atoms with Crippen LogP contribution in [-0.2, 0) is 6.42 Å². The largest absolute Gasteiger partial charge is 0.478 e. The van der Waals surface area contributed by atoms with Gasteiger partial charge in [-0.1, -0.05) is 69.8 Å².